The van der Waals surface area contributed by atoms with Crippen molar-refractivity contribution < 1.29 is 37.8 Å². The van der Waals surface area contributed by atoms with Crippen LogP contribution in [0.25, 0.3) is 6.08 Å². The molecule has 4 atom stereocenters. The fourth-order valence-corrected chi connectivity index (χ4v) is 12.9. The number of carbonyl (C=O) groups excluding carboxylic acids is 3. The zero-order chi connectivity index (χ0) is 36.5. The van der Waals surface area contributed by atoms with E-state index in [1.165, 1.54) is 12.1 Å². The van der Waals surface area contributed by atoms with Crippen LogP contribution in [0.15, 0.2) is 95.6 Å². The number of benzene rings is 3. The Balaban J connectivity index is 1.39. The van der Waals surface area contributed by atoms with Crippen LogP contribution in [0.2, 0.25) is 5.04 Å². The zero-order valence-electron chi connectivity index (χ0n) is 29.9. The molecule has 0 bridgehead atoms. The van der Waals surface area contributed by atoms with E-state index in [-0.39, 0.29) is 30.8 Å². The van der Waals surface area contributed by atoms with E-state index in [1.54, 1.807) is 6.07 Å². The normalized spacial score (nSPS) is 22.3. The molecule has 1 N–H and O–H groups in total. The molecule has 3 aliphatic rings. The van der Waals surface area contributed by atoms with E-state index in [2.05, 4.69) is 45.0 Å². The summed E-state index contributed by atoms with van der Waals surface area (Å²) in [5.41, 5.74) is 3.65. The van der Waals surface area contributed by atoms with Gasteiger partial charge in [0.2, 0.25) is 11.8 Å². The molecule has 2 aliphatic heterocycles. The molecule has 2 saturated heterocycles. The lowest BCUT2D eigenvalue weighted by molar-refractivity contribution is -0.137. The van der Waals surface area contributed by atoms with Crippen molar-refractivity contribution in [2.24, 2.45) is 17.8 Å². The topological polar surface area (TPSA) is 102 Å². The van der Waals surface area contributed by atoms with Crippen LogP contribution in [0, 0.1) is 23.6 Å². The summed E-state index contributed by atoms with van der Waals surface area (Å²) in [6, 6.07) is 25.0. The third kappa shape index (κ3) is 6.72. The number of rotatable bonds is 10. The number of halogens is 1. The summed E-state index contributed by atoms with van der Waals surface area (Å²) in [5, 5.41) is 11.6. The highest BCUT2D eigenvalue weighted by atomic mass is 28.4. The van der Waals surface area contributed by atoms with Gasteiger partial charge in [-0.2, -0.15) is 4.90 Å². The number of ether oxygens (including phenoxy) is 2. The lowest BCUT2D eigenvalue weighted by Gasteiger charge is -2.44. The van der Waals surface area contributed by atoms with E-state index in [9.17, 15) is 23.9 Å². The molecule has 3 aromatic rings. The molecule has 2 fully saturated rings. The smallest absolute Gasteiger partial charge is 0.423 e. The van der Waals surface area contributed by atoms with E-state index in [4.69, 9.17) is 13.9 Å². The molecule has 8 nitrogen and oxygen atoms in total. The second-order valence-electron chi connectivity index (χ2n) is 14.7. The maximum absolute atomic E-state index is 14.1. The summed E-state index contributed by atoms with van der Waals surface area (Å²) in [5.74, 6) is -3.99. The average molecular weight is 712 g/mol. The van der Waals surface area contributed by atoms with Gasteiger partial charge < -0.3 is 19.0 Å². The molecule has 3 amide bonds. The van der Waals surface area contributed by atoms with Gasteiger partial charge >= 0.3 is 6.09 Å². The molecule has 0 spiro atoms. The van der Waals surface area contributed by atoms with Crippen LogP contribution >= 0.6 is 0 Å². The second kappa shape index (κ2) is 14.7. The molecular formula is C41H46FNO7Si. The van der Waals surface area contributed by atoms with Crippen LogP contribution in [0.5, 0.6) is 5.75 Å². The standard InChI is InChI=1S/C41H46FNO7Si/c1-6-26(21-27-17-19-34(44)33(42)22-27)18-20-35-36-28(23-31-37(32(36)25-49-35)39(46)43(38(31)45)40(47)48-5)24-50-51(41(2,3)4,29-13-9-7-10-14-29)30-15-11-8-12-16-30/h7-17,19,21-22,31-32,35,37,44H,6,18,20,23-25H2,1-5H3/b26-21+/t31-,32+,35-,37-/m1/s1. The number of likely N-dealkylation sites (tertiary alicyclic amines) is 1. The van der Waals surface area contributed by atoms with Crippen LogP contribution in [-0.2, 0) is 23.5 Å². The number of phenols is 1. The van der Waals surface area contributed by atoms with Crippen molar-refractivity contribution in [3.8, 4) is 5.75 Å². The summed E-state index contributed by atoms with van der Waals surface area (Å²) in [6.45, 7) is 9.16. The first kappa shape index (κ1) is 36.4. The van der Waals surface area contributed by atoms with E-state index in [0.29, 0.717) is 23.3 Å². The SMILES string of the molecule is CC/C(=C\c1ccc(O)c(F)c1)CC[C@H]1OC[C@H]2C1=C(CO[Si](c1ccccc1)(c1ccccc1)C(C)(C)C)C[C@H]1C(=O)N(C(=O)OC)C(=O)[C@H]12. The number of nitrogens with zero attached hydrogens (tertiary/aromatic N) is 1. The molecule has 2 heterocycles. The van der Waals surface area contributed by atoms with Gasteiger partial charge in [-0.15, -0.1) is 0 Å². The van der Waals surface area contributed by atoms with Crippen molar-refractivity contribution >= 4 is 42.7 Å². The third-order valence-corrected chi connectivity index (χ3v) is 15.8. The Morgan fingerprint density at radius 2 is 1.65 bits per heavy atom. The Morgan fingerprint density at radius 3 is 2.22 bits per heavy atom. The molecule has 10 heteroatoms. The van der Waals surface area contributed by atoms with E-state index < -0.39 is 55.5 Å². The van der Waals surface area contributed by atoms with Gasteiger partial charge in [-0.3, -0.25) is 9.59 Å². The Kier molecular flexibility index (Phi) is 10.5. The molecule has 0 saturated carbocycles. The Bertz CT molecular complexity index is 1810. The lowest BCUT2D eigenvalue weighted by Crippen LogP contribution is -2.66. The average Bonchev–Trinajstić information content (AvgIpc) is 3.66. The Morgan fingerprint density at radius 1 is 1.00 bits per heavy atom. The fourth-order valence-electron chi connectivity index (χ4n) is 8.35. The van der Waals surface area contributed by atoms with Crippen LogP contribution in [0.1, 0.15) is 58.9 Å². The fraction of sp³-hybridized carbons (Fsp3) is 0.390. The lowest BCUT2D eigenvalue weighted by atomic mass is 9.69. The van der Waals surface area contributed by atoms with Gasteiger partial charge in [-0.25, -0.2) is 9.18 Å². The first-order valence-corrected chi connectivity index (χ1v) is 19.5. The number of phenolic OH excluding ortho intramolecular Hbond substituents is 1. The number of carbonyl (C=O) groups is 3. The first-order valence-electron chi connectivity index (χ1n) is 17.6. The van der Waals surface area contributed by atoms with Crippen molar-refractivity contribution in [2.75, 3.05) is 20.3 Å². The highest BCUT2D eigenvalue weighted by molar-refractivity contribution is 6.99. The van der Waals surface area contributed by atoms with Crippen molar-refractivity contribution in [3.63, 3.8) is 0 Å². The third-order valence-electron chi connectivity index (χ3n) is 10.8. The van der Waals surface area contributed by atoms with Crippen molar-refractivity contribution in [1.29, 1.82) is 0 Å². The molecule has 3 aromatic carbocycles. The molecule has 0 unspecified atom stereocenters. The molecule has 6 rings (SSSR count). The molecular weight excluding hydrogens is 666 g/mol. The Hall–Kier alpha value is -4.38. The number of methoxy groups -OCH3 is 1. The highest BCUT2D eigenvalue weighted by Gasteiger charge is 2.59. The minimum Gasteiger partial charge on any atom is -0.505 e. The largest absolute Gasteiger partial charge is 0.505 e. The number of amides is 3. The highest BCUT2D eigenvalue weighted by Crippen LogP contribution is 2.50. The molecule has 51 heavy (non-hydrogen) atoms. The van der Waals surface area contributed by atoms with Crippen molar-refractivity contribution in [1.82, 2.24) is 4.90 Å². The van der Waals surface area contributed by atoms with Crippen LogP contribution in [-0.4, -0.2) is 62.7 Å². The van der Waals surface area contributed by atoms with Gasteiger partial charge in [-0.05, 0) is 69.9 Å². The van der Waals surface area contributed by atoms with Crippen LogP contribution < -0.4 is 10.4 Å². The second-order valence-corrected chi connectivity index (χ2v) is 19.0. The van der Waals surface area contributed by atoms with Gasteiger partial charge in [-0.1, -0.05) is 106 Å². The predicted octanol–water partition coefficient (Wildman–Crippen LogP) is 6.76. The van der Waals surface area contributed by atoms with Gasteiger partial charge in [0.15, 0.2) is 11.6 Å². The predicted molar refractivity (Wildman–Crippen MR) is 195 cm³/mol. The quantitative estimate of drug-likeness (QED) is 0.141. The van der Waals surface area contributed by atoms with Gasteiger partial charge in [0.05, 0.1) is 38.3 Å². The summed E-state index contributed by atoms with van der Waals surface area (Å²) in [7, 11) is -1.80. The zero-order valence-corrected chi connectivity index (χ0v) is 30.9. The number of fused-ring (bicyclic) bond motifs is 3. The number of allylic oxidation sites excluding steroid dienone is 1. The van der Waals surface area contributed by atoms with E-state index in [0.717, 1.165) is 40.6 Å². The van der Waals surface area contributed by atoms with Crippen LogP contribution in [0.4, 0.5) is 9.18 Å². The minimum atomic E-state index is -2.96. The number of aromatic hydroxyl groups is 1. The van der Waals surface area contributed by atoms with Gasteiger partial charge in [0.25, 0.3) is 8.32 Å². The van der Waals surface area contributed by atoms with E-state index in [1.807, 2.05) is 49.4 Å². The summed E-state index contributed by atoms with van der Waals surface area (Å²) in [6.07, 6.45) is 2.89. The molecule has 0 radical (unpaired) electrons. The maximum Gasteiger partial charge on any atom is 0.423 e. The summed E-state index contributed by atoms with van der Waals surface area (Å²) in [4.78, 5) is 40.8. The minimum absolute atomic E-state index is 0.241. The van der Waals surface area contributed by atoms with Gasteiger partial charge in [0, 0.05) is 5.92 Å². The Labute approximate surface area is 300 Å². The number of hydrogen-bond acceptors (Lipinski definition) is 7. The maximum atomic E-state index is 14.1. The first-order chi connectivity index (χ1) is 24.4. The number of hydrogen-bond donors (Lipinski definition) is 1. The van der Waals surface area contributed by atoms with Crippen LogP contribution in [0.3, 0.4) is 0 Å². The van der Waals surface area contributed by atoms with Crippen molar-refractivity contribution in [2.45, 2.75) is 64.5 Å². The molecule has 0 aromatic heterocycles. The molecule has 1 aliphatic carbocycles. The van der Waals surface area contributed by atoms with E-state index >= 15 is 0 Å². The number of imide groups is 3. The molecule has 268 valence electrons. The summed E-state index contributed by atoms with van der Waals surface area (Å²) >= 11 is 0. The monoisotopic (exact) mass is 711 g/mol. The van der Waals surface area contributed by atoms with Crippen molar-refractivity contribution in [3.05, 3.63) is 107 Å². The summed E-state index contributed by atoms with van der Waals surface area (Å²) < 4.78 is 32.8. The van der Waals surface area contributed by atoms with Gasteiger partial charge in [0.1, 0.15) is 0 Å².